The summed E-state index contributed by atoms with van der Waals surface area (Å²) in [6.07, 6.45) is 4.05. The van der Waals surface area contributed by atoms with Crippen LogP contribution >= 0.6 is 11.3 Å². The minimum absolute atomic E-state index is 0.491. The summed E-state index contributed by atoms with van der Waals surface area (Å²) in [5.41, 5.74) is 0. The van der Waals surface area contributed by atoms with E-state index in [1.165, 1.54) is 5.01 Å². The summed E-state index contributed by atoms with van der Waals surface area (Å²) in [6, 6.07) is 0.993. The normalized spacial score (nSPS) is 27.8. The predicted octanol–water partition coefficient (Wildman–Crippen LogP) is 1.45. The van der Waals surface area contributed by atoms with Crippen LogP contribution in [0.3, 0.4) is 0 Å². The lowest BCUT2D eigenvalue weighted by molar-refractivity contribution is 0.0483. The summed E-state index contributed by atoms with van der Waals surface area (Å²) in [6.45, 7) is 3.85. The van der Waals surface area contributed by atoms with Crippen molar-refractivity contribution in [2.75, 3.05) is 13.2 Å². The zero-order chi connectivity index (χ0) is 9.80. The second kappa shape index (κ2) is 4.87. The van der Waals surface area contributed by atoms with Crippen molar-refractivity contribution in [1.82, 2.24) is 10.3 Å². The van der Waals surface area contributed by atoms with E-state index in [9.17, 15) is 0 Å². The molecule has 0 saturated carbocycles. The average molecular weight is 212 g/mol. The molecule has 2 rings (SSSR count). The molecule has 14 heavy (non-hydrogen) atoms. The Morgan fingerprint density at radius 2 is 2.57 bits per heavy atom. The third kappa shape index (κ3) is 2.77. The summed E-state index contributed by atoms with van der Waals surface area (Å²) in [7, 11) is 0. The summed E-state index contributed by atoms with van der Waals surface area (Å²) < 4.78 is 5.48. The van der Waals surface area contributed by atoms with Crippen LogP contribution in [0.5, 0.6) is 0 Å². The number of rotatable bonds is 3. The Hall–Kier alpha value is -0.450. The molecular formula is C10H16N2OS. The number of thiazole rings is 1. The Morgan fingerprint density at radius 1 is 1.64 bits per heavy atom. The number of hydrogen-bond acceptors (Lipinski definition) is 4. The van der Waals surface area contributed by atoms with Crippen molar-refractivity contribution in [3.63, 3.8) is 0 Å². The average Bonchev–Trinajstić information content (AvgIpc) is 2.67. The number of morpholine rings is 1. The molecule has 1 fully saturated rings. The van der Waals surface area contributed by atoms with E-state index in [1.54, 1.807) is 11.3 Å². The molecule has 0 radical (unpaired) electrons. The number of aromatic nitrogens is 1. The van der Waals surface area contributed by atoms with E-state index in [2.05, 4.69) is 17.2 Å². The molecule has 0 bridgehead atoms. The molecule has 0 aliphatic carbocycles. The third-order valence-corrected chi connectivity index (χ3v) is 3.24. The van der Waals surface area contributed by atoms with E-state index >= 15 is 0 Å². The molecule has 1 aliphatic heterocycles. The monoisotopic (exact) mass is 212 g/mol. The van der Waals surface area contributed by atoms with Gasteiger partial charge < -0.3 is 10.1 Å². The first-order chi connectivity index (χ1) is 6.84. The quantitative estimate of drug-likeness (QED) is 0.823. The van der Waals surface area contributed by atoms with Crippen LogP contribution in [-0.4, -0.2) is 30.3 Å². The lowest BCUT2D eigenvalue weighted by atomic mass is 10.1. The lowest BCUT2D eigenvalue weighted by Gasteiger charge is -2.28. The molecule has 1 aliphatic rings. The molecule has 1 aromatic rings. The topological polar surface area (TPSA) is 34.1 Å². The second-order valence-corrected chi connectivity index (χ2v) is 4.75. The third-order valence-electron chi connectivity index (χ3n) is 2.40. The van der Waals surface area contributed by atoms with Gasteiger partial charge in [0.1, 0.15) is 0 Å². The van der Waals surface area contributed by atoms with Gasteiger partial charge in [-0.15, -0.1) is 11.3 Å². The van der Waals surface area contributed by atoms with Crippen LogP contribution in [0.15, 0.2) is 11.6 Å². The molecule has 0 spiro atoms. The highest BCUT2D eigenvalue weighted by molar-refractivity contribution is 7.09. The van der Waals surface area contributed by atoms with E-state index < -0.39 is 0 Å². The van der Waals surface area contributed by atoms with Crippen LogP contribution in [0.2, 0.25) is 0 Å². The van der Waals surface area contributed by atoms with E-state index in [-0.39, 0.29) is 0 Å². The fourth-order valence-corrected chi connectivity index (χ4v) is 2.36. The van der Waals surface area contributed by atoms with E-state index in [1.807, 2.05) is 11.6 Å². The van der Waals surface area contributed by atoms with Gasteiger partial charge in [0.25, 0.3) is 0 Å². The van der Waals surface area contributed by atoms with Gasteiger partial charge in [0.2, 0.25) is 0 Å². The predicted molar refractivity (Wildman–Crippen MR) is 57.6 cm³/mol. The molecule has 78 valence electrons. The van der Waals surface area contributed by atoms with Crippen molar-refractivity contribution < 1.29 is 4.74 Å². The van der Waals surface area contributed by atoms with E-state index in [0.717, 1.165) is 26.1 Å². The van der Waals surface area contributed by atoms with Crippen molar-refractivity contribution >= 4 is 11.3 Å². The highest BCUT2D eigenvalue weighted by Gasteiger charge is 2.17. The van der Waals surface area contributed by atoms with Gasteiger partial charge in [-0.25, -0.2) is 4.98 Å². The van der Waals surface area contributed by atoms with Gasteiger partial charge in [-0.3, -0.25) is 0 Å². The molecule has 2 unspecified atom stereocenters. The molecule has 2 atom stereocenters. The fraction of sp³-hybridized carbons (Fsp3) is 0.700. The molecule has 4 heteroatoms. The Balaban J connectivity index is 1.75. The Labute approximate surface area is 88.5 Å². The highest BCUT2D eigenvalue weighted by atomic mass is 32.1. The smallest absolute Gasteiger partial charge is 0.0925 e. The van der Waals surface area contributed by atoms with Gasteiger partial charge in [0.05, 0.1) is 18.2 Å². The zero-order valence-corrected chi connectivity index (χ0v) is 9.22. The largest absolute Gasteiger partial charge is 0.378 e. The van der Waals surface area contributed by atoms with Crippen molar-refractivity contribution in [3.05, 3.63) is 16.6 Å². The number of aryl methyl sites for hydroxylation is 1. The Bertz CT molecular complexity index is 263. The maximum atomic E-state index is 5.48. The maximum Gasteiger partial charge on any atom is 0.0925 e. The first kappa shape index (κ1) is 10.1. The van der Waals surface area contributed by atoms with E-state index in [4.69, 9.17) is 4.74 Å². The van der Waals surface area contributed by atoms with Crippen molar-refractivity contribution in [1.29, 1.82) is 0 Å². The molecule has 1 N–H and O–H groups in total. The lowest BCUT2D eigenvalue weighted by Crippen LogP contribution is -2.47. The molecule has 1 aromatic heterocycles. The Morgan fingerprint density at radius 3 is 3.29 bits per heavy atom. The number of nitrogens with zero attached hydrogens (tertiary/aromatic N) is 1. The van der Waals surface area contributed by atoms with Crippen LogP contribution < -0.4 is 5.32 Å². The van der Waals surface area contributed by atoms with Gasteiger partial charge in [-0.1, -0.05) is 0 Å². The van der Waals surface area contributed by atoms with Gasteiger partial charge >= 0.3 is 0 Å². The molecule has 2 heterocycles. The minimum Gasteiger partial charge on any atom is -0.378 e. The minimum atomic E-state index is 0.491. The SMILES string of the molecule is CC1COCC(CCc2nccs2)N1. The zero-order valence-electron chi connectivity index (χ0n) is 8.40. The first-order valence-corrected chi connectivity index (χ1v) is 5.94. The summed E-state index contributed by atoms with van der Waals surface area (Å²) in [5.74, 6) is 0. The molecule has 3 nitrogen and oxygen atoms in total. The molecule has 0 aromatic carbocycles. The number of ether oxygens (including phenoxy) is 1. The van der Waals surface area contributed by atoms with Gasteiger partial charge in [0.15, 0.2) is 0 Å². The maximum absolute atomic E-state index is 5.48. The molecule has 1 saturated heterocycles. The summed E-state index contributed by atoms with van der Waals surface area (Å²) >= 11 is 1.73. The van der Waals surface area contributed by atoms with Crippen molar-refractivity contribution in [2.45, 2.75) is 31.8 Å². The van der Waals surface area contributed by atoms with Gasteiger partial charge in [-0.2, -0.15) is 0 Å². The highest BCUT2D eigenvalue weighted by Crippen LogP contribution is 2.10. The van der Waals surface area contributed by atoms with Crippen LogP contribution in [0.4, 0.5) is 0 Å². The van der Waals surface area contributed by atoms with Crippen LogP contribution in [-0.2, 0) is 11.2 Å². The molecular weight excluding hydrogens is 196 g/mol. The number of hydrogen-bond donors (Lipinski definition) is 1. The fourth-order valence-electron chi connectivity index (χ4n) is 1.73. The number of nitrogens with one attached hydrogen (secondary N) is 1. The van der Waals surface area contributed by atoms with Crippen LogP contribution in [0.1, 0.15) is 18.4 Å². The van der Waals surface area contributed by atoms with Crippen LogP contribution in [0.25, 0.3) is 0 Å². The van der Waals surface area contributed by atoms with E-state index in [0.29, 0.717) is 12.1 Å². The van der Waals surface area contributed by atoms with Gasteiger partial charge in [0, 0.05) is 30.1 Å². The second-order valence-electron chi connectivity index (χ2n) is 3.77. The standard InChI is InChI=1S/C10H16N2OS/c1-8-6-13-7-9(12-8)2-3-10-11-4-5-14-10/h4-5,8-9,12H,2-3,6-7H2,1H3. The van der Waals surface area contributed by atoms with Crippen LogP contribution in [0, 0.1) is 0 Å². The van der Waals surface area contributed by atoms with Crippen molar-refractivity contribution in [2.24, 2.45) is 0 Å². The van der Waals surface area contributed by atoms with Crippen molar-refractivity contribution in [3.8, 4) is 0 Å². The first-order valence-electron chi connectivity index (χ1n) is 5.07. The summed E-state index contributed by atoms with van der Waals surface area (Å²) in [5, 5.41) is 6.79. The molecule has 0 amide bonds. The Kier molecular flexibility index (Phi) is 3.50. The summed E-state index contributed by atoms with van der Waals surface area (Å²) in [4.78, 5) is 4.27. The van der Waals surface area contributed by atoms with Gasteiger partial charge in [-0.05, 0) is 13.3 Å².